The van der Waals surface area contributed by atoms with Gasteiger partial charge in [0.15, 0.2) is 0 Å². The molecule has 216 valence electrons. The number of nitrogens with zero attached hydrogens (tertiary/aromatic N) is 4. The van der Waals surface area contributed by atoms with Crippen molar-refractivity contribution in [1.82, 2.24) is 18.9 Å². The van der Waals surface area contributed by atoms with E-state index in [9.17, 15) is 18.3 Å². The number of aromatic nitrogens is 3. The zero-order valence-corrected chi connectivity index (χ0v) is 24.2. The second kappa shape index (κ2) is 12.5. The first-order chi connectivity index (χ1) is 19.3. The van der Waals surface area contributed by atoms with Gasteiger partial charge in [0.05, 0.1) is 24.2 Å². The van der Waals surface area contributed by atoms with Gasteiger partial charge >= 0.3 is 0 Å². The van der Waals surface area contributed by atoms with Gasteiger partial charge < -0.3 is 9.84 Å². The molecule has 2 aliphatic carbocycles. The number of aryl methyl sites for hydroxylation is 1. The van der Waals surface area contributed by atoms with E-state index in [0.717, 1.165) is 61.3 Å². The highest BCUT2D eigenvalue weighted by molar-refractivity contribution is 7.89. The standard InChI is InChI=1S/C28H36ClN5O5S/c1-19-5-4-8-24(15-19)40(37,38)33(13-14-39-23-11-9-20(18-35)10-12-23)32-28-30-17-21-16-25(29)27(36)34(26(21)31-28)22-6-2-3-7-22/h4-5,8,15-17,20,22-23,35H,2-3,6-7,9-14,18H2,1H3,(H,30,31,32). The maximum absolute atomic E-state index is 13.7. The lowest BCUT2D eigenvalue weighted by Gasteiger charge is -2.28. The van der Waals surface area contributed by atoms with Crippen molar-refractivity contribution in [3.8, 4) is 0 Å². The predicted octanol–water partition coefficient (Wildman–Crippen LogP) is 4.45. The van der Waals surface area contributed by atoms with Crippen molar-refractivity contribution in [2.24, 2.45) is 5.92 Å². The molecular formula is C28H36ClN5O5S. The van der Waals surface area contributed by atoms with E-state index >= 15 is 0 Å². The summed E-state index contributed by atoms with van der Waals surface area (Å²) in [6.45, 7) is 2.21. The Morgan fingerprint density at radius 3 is 2.60 bits per heavy atom. The number of ether oxygens (including phenoxy) is 1. The fraction of sp³-hybridized carbons (Fsp3) is 0.536. The fourth-order valence-electron chi connectivity index (χ4n) is 5.68. The van der Waals surface area contributed by atoms with E-state index < -0.39 is 10.0 Å². The molecule has 0 unspecified atom stereocenters. The maximum atomic E-state index is 13.7. The average molecular weight is 590 g/mol. The quantitative estimate of drug-likeness (QED) is 0.332. The molecule has 0 spiro atoms. The van der Waals surface area contributed by atoms with Crippen LogP contribution in [0.5, 0.6) is 0 Å². The molecule has 0 aliphatic heterocycles. The highest BCUT2D eigenvalue weighted by atomic mass is 35.5. The summed E-state index contributed by atoms with van der Waals surface area (Å²) in [5, 5.41) is 10.1. The first kappa shape index (κ1) is 28.9. The molecule has 1 aromatic carbocycles. The molecule has 2 N–H and O–H groups in total. The van der Waals surface area contributed by atoms with Gasteiger partial charge in [-0.1, -0.05) is 36.6 Å². The number of hydrogen-bond donors (Lipinski definition) is 2. The van der Waals surface area contributed by atoms with Crippen molar-refractivity contribution in [1.29, 1.82) is 0 Å². The lowest BCUT2D eigenvalue weighted by atomic mass is 9.88. The lowest BCUT2D eigenvalue weighted by molar-refractivity contribution is 0.00895. The van der Waals surface area contributed by atoms with Crippen LogP contribution in [0.1, 0.15) is 63.0 Å². The number of anilines is 1. The topological polar surface area (TPSA) is 127 Å². The van der Waals surface area contributed by atoms with E-state index in [1.165, 1.54) is 0 Å². The second-order valence-corrected chi connectivity index (χ2v) is 13.0. The molecule has 12 heteroatoms. The fourth-order valence-corrected chi connectivity index (χ4v) is 7.24. The normalized spacial score (nSPS) is 20.4. The van der Waals surface area contributed by atoms with Crippen LogP contribution < -0.4 is 11.0 Å². The summed E-state index contributed by atoms with van der Waals surface area (Å²) in [6.07, 6.45) is 8.77. The molecule has 2 heterocycles. The zero-order valence-electron chi connectivity index (χ0n) is 22.6. The number of halogens is 1. The Kier molecular flexibility index (Phi) is 9.06. The Morgan fingerprint density at radius 2 is 1.90 bits per heavy atom. The minimum atomic E-state index is -3.99. The molecule has 3 aromatic rings. The maximum Gasteiger partial charge on any atom is 0.271 e. The molecule has 0 amide bonds. The molecule has 2 aromatic heterocycles. The van der Waals surface area contributed by atoms with Crippen LogP contribution >= 0.6 is 11.6 Å². The van der Waals surface area contributed by atoms with Gasteiger partial charge in [-0.25, -0.2) is 13.4 Å². The predicted molar refractivity (Wildman–Crippen MR) is 154 cm³/mol. The molecule has 2 fully saturated rings. The number of pyridine rings is 1. The number of hydrogen-bond acceptors (Lipinski definition) is 8. The zero-order chi connectivity index (χ0) is 28.3. The van der Waals surface area contributed by atoms with Crippen LogP contribution in [0.4, 0.5) is 5.95 Å². The van der Waals surface area contributed by atoms with E-state index in [1.807, 2.05) is 13.0 Å². The SMILES string of the molecule is Cc1cccc(S(=O)(=O)N(CCOC2CCC(CO)CC2)Nc2ncc3cc(Cl)c(=O)n(C4CCCC4)c3n2)c1. The van der Waals surface area contributed by atoms with E-state index in [-0.39, 0.29) is 53.3 Å². The van der Waals surface area contributed by atoms with Crippen molar-refractivity contribution in [2.45, 2.75) is 75.3 Å². The van der Waals surface area contributed by atoms with Gasteiger partial charge in [-0.15, -0.1) is 4.41 Å². The molecule has 5 rings (SSSR count). The summed E-state index contributed by atoms with van der Waals surface area (Å²) >= 11 is 6.25. The number of aliphatic hydroxyl groups is 1. The molecule has 0 saturated heterocycles. The summed E-state index contributed by atoms with van der Waals surface area (Å²) in [6, 6.07) is 8.24. The van der Waals surface area contributed by atoms with Crippen LogP contribution in [0, 0.1) is 12.8 Å². The highest BCUT2D eigenvalue weighted by Gasteiger charge is 2.28. The van der Waals surface area contributed by atoms with E-state index in [4.69, 9.17) is 16.3 Å². The molecule has 0 bridgehead atoms. The van der Waals surface area contributed by atoms with E-state index in [0.29, 0.717) is 17.0 Å². The van der Waals surface area contributed by atoms with Crippen molar-refractivity contribution >= 4 is 38.6 Å². The summed E-state index contributed by atoms with van der Waals surface area (Å²) < 4.78 is 36.3. The van der Waals surface area contributed by atoms with Crippen LogP contribution in [0.2, 0.25) is 5.02 Å². The average Bonchev–Trinajstić information content (AvgIpc) is 3.48. The number of fused-ring (bicyclic) bond motifs is 1. The van der Waals surface area contributed by atoms with Gasteiger partial charge in [0.25, 0.3) is 15.6 Å². The highest BCUT2D eigenvalue weighted by Crippen LogP contribution is 2.31. The number of sulfonamides is 1. The van der Waals surface area contributed by atoms with Gasteiger partial charge in [0.2, 0.25) is 5.95 Å². The second-order valence-electron chi connectivity index (χ2n) is 10.8. The van der Waals surface area contributed by atoms with Crippen molar-refractivity contribution in [2.75, 3.05) is 25.2 Å². The van der Waals surface area contributed by atoms with Crippen LogP contribution in [-0.2, 0) is 14.8 Å². The van der Waals surface area contributed by atoms with Crippen LogP contribution in [0.15, 0.2) is 46.2 Å². The van der Waals surface area contributed by atoms with Gasteiger partial charge in [0, 0.05) is 24.2 Å². The summed E-state index contributed by atoms with van der Waals surface area (Å²) in [5.41, 5.74) is 3.83. The molecule has 0 radical (unpaired) electrons. The van der Waals surface area contributed by atoms with Gasteiger partial charge in [-0.2, -0.15) is 4.98 Å². The Morgan fingerprint density at radius 1 is 1.15 bits per heavy atom. The van der Waals surface area contributed by atoms with Gasteiger partial charge in [-0.3, -0.25) is 14.8 Å². The van der Waals surface area contributed by atoms with Gasteiger partial charge in [-0.05, 0) is 75.1 Å². The molecule has 0 atom stereocenters. The Bertz CT molecular complexity index is 1500. The number of benzene rings is 1. The molecule has 2 aliphatic rings. The Balaban J connectivity index is 1.43. The largest absolute Gasteiger partial charge is 0.396 e. The van der Waals surface area contributed by atoms with Crippen LogP contribution in [0.3, 0.4) is 0 Å². The van der Waals surface area contributed by atoms with Crippen molar-refractivity contribution < 1.29 is 18.3 Å². The minimum absolute atomic E-state index is 0.0158. The number of rotatable bonds is 10. The van der Waals surface area contributed by atoms with Crippen molar-refractivity contribution in [3.63, 3.8) is 0 Å². The Labute approximate surface area is 239 Å². The lowest BCUT2D eigenvalue weighted by Crippen LogP contribution is -2.40. The van der Waals surface area contributed by atoms with E-state index in [2.05, 4.69) is 15.4 Å². The summed E-state index contributed by atoms with van der Waals surface area (Å²) in [4.78, 5) is 22.1. The van der Waals surface area contributed by atoms with Gasteiger partial charge in [0.1, 0.15) is 10.7 Å². The summed E-state index contributed by atoms with van der Waals surface area (Å²) in [7, 11) is -3.99. The molecular weight excluding hydrogens is 554 g/mol. The van der Waals surface area contributed by atoms with Crippen molar-refractivity contribution in [3.05, 3.63) is 57.5 Å². The molecule has 2 saturated carbocycles. The first-order valence-electron chi connectivity index (χ1n) is 13.9. The summed E-state index contributed by atoms with van der Waals surface area (Å²) in [5.74, 6) is 0.363. The van der Waals surface area contributed by atoms with Crippen LogP contribution in [-0.4, -0.2) is 58.3 Å². The monoisotopic (exact) mass is 589 g/mol. The molecule has 40 heavy (non-hydrogen) atoms. The third kappa shape index (κ3) is 6.33. The smallest absolute Gasteiger partial charge is 0.271 e. The minimum Gasteiger partial charge on any atom is -0.396 e. The number of aliphatic hydroxyl groups excluding tert-OH is 1. The third-order valence-electron chi connectivity index (χ3n) is 7.92. The molecule has 10 nitrogen and oxygen atoms in total. The van der Waals surface area contributed by atoms with E-state index in [1.54, 1.807) is 35.0 Å². The number of nitrogens with one attached hydrogen (secondary N) is 1. The first-order valence-corrected chi connectivity index (χ1v) is 15.7. The number of hydrazine groups is 1. The third-order valence-corrected chi connectivity index (χ3v) is 9.90. The van der Waals surface area contributed by atoms with Crippen LogP contribution in [0.25, 0.3) is 11.0 Å². The Hall–Kier alpha value is -2.57.